The summed E-state index contributed by atoms with van der Waals surface area (Å²) in [6.45, 7) is 0. The van der Waals surface area contributed by atoms with Crippen LogP contribution >= 0.6 is 11.3 Å². The largest absolute Gasteiger partial charge is 0.504 e. The molecule has 0 fully saturated rings. The molecular weight excluding hydrogens is 392 g/mol. The molecule has 0 saturated heterocycles. The quantitative estimate of drug-likeness (QED) is 0.441. The zero-order chi connectivity index (χ0) is 21.0. The number of esters is 1. The van der Waals surface area contributed by atoms with Crippen molar-refractivity contribution in [1.29, 1.82) is 5.26 Å². The van der Waals surface area contributed by atoms with Gasteiger partial charge in [-0.15, -0.1) is 11.3 Å². The number of nitrogens with one attached hydrogen (secondary N) is 1. The number of benzene rings is 1. The van der Waals surface area contributed by atoms with Crippen LogP contribution in [-0.2, 0) is 22.4 Å². The summed E-state index contributed by atoms with van der Waals surface area (Å²) < 4.78 is 9.95. The highest BCUT2D eigenvalue weighted by atomic mass is 32.1. The summed E-state index contributed by atoms with van der Waals surface area (Å²) in [5, 5.41) is 22.2. The molecule has 1 amide bonds. The predicted octanol–water partition coefficient (Wildman–Crippen LogP) is 3.67. The van der Waals surface area contributed by atoms with Gasteiger partial charge in [-0.1, -0.05) is 6.07 Å². The summed E-state index contributed by atoms with van der Waals surface area (Å²) in [6.07, 6.45) is 5.03. The van der Waals surface area contributed by atoms with E-state index in [4.69, 9.17) is 9.47 Å². The van der Waals surface area contributed by atoms with E-state index < -0.39 is 11.9 Å². The van der Waals surface area contributed by atoms with Crippen molar-refractivity contribution in [2.45, 2.75) is 25.7 Å². The number of aryl methyl sites for hydroxylation is 1. The monoisotopic (exact) mass is 412 g/mol. The van der Waals surface area contributed by atoms with Crippen LogP contribution in [0.3, 0.4) is 0 Å². The molecule has 1 aromatic carbocycles. The first-order valence-electron chi connectivity index (χ1n) is 9.01. The lowest BCUT2D eigenvalue weighted by Gasteiger charge is -2.11. The Hall–Kier alpha value is -3.31. The normalized spacial score (nSPS) is 13.2. The number of ether oxygens (including phenoxy) is 2. The lowest BCUT2D eigenvalue weighted by Crippen LogP contribution is -2.16. The first-order valence-corrected chi connectivity index (χ1v) is 9.83. The van der Waals surface area contributed by atoms with Crippen LogP contribution in [0.5, 0.6) is 11.5 Å². The van der Waals surface area contributed by atoms with Crippen LogP contribution in [0.1, 0.15) is 39.2 Å². The predicted molar refractivity (Wildman–Crippen MR) is 109 cm³/mol. The van der Waals surface area contributed by atoms with Gasteiger partial charge in [0.2, 0.25) is 0 Å². The third-order valence-electron chi connectivity index (χ3n) is 4.67. The Morgan fingerprint density at radius 3 is 2.72 bits per heavy atom. The lowest BCUT2D eigenvalue weighted by atomic mass is 9.95. The molecule has 8 heteroatoms. The Bertz CT molecular complexity index is 1030. The molecular formula is C21H20N2O5S. The van der Waals surface area contributed by atoms with Gasteiger partial charge in [-0.05, 0) is 55.0 Å². The van der Waals surface area contributed by atoms with Crippen LogP contribution in [0.4, 0.5) is 5.00 Å². The second-order valence-corrected chi connectivity index (χ2v) is 7.57. The standard InChI is InChI=1S/C21H20N2O5S/c1-27-16-10-12(7-8-15(16)24)9-13(11-22)19(25)23-20-18(21(26)28-2)14-5-3-4-6-17(14)29-20/h7-10,24H,3-6H2,1-2H3,(H,23,25). The van der Waals surface area contributed by atoms with E-state index in [1.165, 1.54) is 43.8 Å². The second-order valence-electron chi connectivity index (χ2n) is 6.46. The number of anilines is 1. The summed E-state index contributed by atoms with van der Waals surface area (Å²) >= 11 is 1.35. The van der Waals surface area contributed by atoms with E-state index in [0.29, 0.717) is 16.1 Å². The fourth-order valence-electron chi connectivity index (χ4n) is 3.24. The maximum Gasteiger partial charge on any atom is 0.341 e. The zero-order valence-electron chi connectivity index (χ0n) is 16.1. The Labute approximate surface area is 172 Å². The van der Waals surface area contributed by atoms with Gasteiger partial charge in [0.05, 0.1) is 19.8 Å². The van der Waals surface area contributed by atoms with E-state index in [-0.39, 0.29) is 17.1 Å². The molecule has 1 aliphatic rings. The minimum Gasteiger partial charge on any atom is -0.504 e. The number of nitriles is 1. The van der Waals surface area contributed by atoms with Gasteiger partial charge >= 0.3 is 5.97 Å². The number of phenolic OH excluding ortho intramolecular Hbond substituents is 1. The van der Waals surface area contributed by atoms with E-state index in [0.717, 1.165) is 36.1 Å². The number of thiophene rings is 1. The van der Waals surface area contributed by atoms with Crippen LogP contribution in [0.25, 0.3) is 6.08 Å². The molecule has 3 rings (SSSR count). The lowest BCUT2D eigenvalue weighted by molar-refractivity contribution is -0.112. The van der Waals surface area contributed by atoms with Crippen LogP contribution < -0.4 is 10.1 Å². The Morgan fingerprint density at radius 1 is 1.28 bits per heavy atom. The van der Waals surface area contributed by atoms with Crippen molar-refractivity contribution < 1.29 is 24.2 Å². The Kier molecular flexibility index (Phi) is 6.20. The minimum absolute atomic E-state index is 0.0421. The van der Waals surface area contributed by atoms with E-state index in [1.807, 2.05) is 6.07 Å². The highest BCUT2D eigenvalue weighted by Gasteiger charge is 2.27. The number of hydrogen-bond donors (Lipinski definition) is 2. The molecule has 7 nitrogen and oxygen atoms in total. The minimum atomic E-state index is -0.622. The van der Waals surface area contributed by atoms with Crippen molar-refractivity contribution in [3.63, 3.8) is 0 Å². The van der Waals surface area contributed by atoms with Crippen LogP contribution in [0.2, 0.25) is 0 Å². The van der Waals surface area contributed by atoms with E-state index >= 15 is 0 Å². The molecule has 0 aliphatic heterocycles. The van der Waals surface area contributed by atoms with Gasteiger partial charge in [-0.3, -0.25) is 4.79 Å². The molecule has 1 heterocycles. The zero-order valence-corrected chi connectivity index (χ0v) is 16.9. The average Bonchev–Trinajstić information content (AvgIpc) is 3.10. The molecule has 0 bridgehead atoms. The number of methoxy groups -OCH3 is 2. The Balaban J connectivity index is 1.92. The van der Waals surface area contributed by atoms with E-state index in [1.54, 1.807) is 6.07 Å². The van der Waals surface area contributed by atoms with Crippen LogP contribution in [-0.4, -0.2) is 31.2 Å². The molecule has 0 radical (unpaired) electrons. The van der Waals surface area contributed by atoms with E-state index in [2.05, 4.69) is 5.32 Å². The van der Waals surface area contributed by atoms with Crippen LogP contribution in [0.15, 0.2) is 23.8 Å². The summed E-state index contributed by atoms with van der Waals surface area (Å²) in [5.41, 5.74) is 1.68. The van der Waals surface area contributed by atoms with Gasteiger partial charge in [0.1, 0.15) is 16.6 Å². The molecule has 2 N–H and O–H groups in total. The molecule has 0 saturated carbocycles. The van der Waals surface area contributed by atoms with Gasteiger partial charge in [0, 0.05) is 4.88 Å². The molecule has 2 aromatic rings. The summed E-state index contributed by atoms with van der Waals surface area (Å²) in [6, 6.07) is 6.38. The number of carbonyl (C=O) groups excluding carboxylic acids is 2. The summed E-state index contributed by atoms with van der Waals surface area (Å²) in [7, 11) is 2.72. The second kappa shape index (κ2) is 8.80. The van der Waals surface area contributed by atoms with Gasteiger partial charge in [-0.25, -0.2) is 4.79 Å². The molecule has 0 unspecified atom stereocenters. The number of phenols is 1. The van der Waals surface area contributed by atoms with Crippen molar-refractivity contribution in [1.82, 2.24) is 0 Å². The van der Waals surface area contributed by atoms with Gasteiger partial charge < -0.3 is 19.9 Å². The average molecular weight is 412 g/mol. The fraction of sp³-hybridized carbons (Fsp3) is 0.286. The van der Waals surface area contributed by atoms with Crippen molar-refractivity contribution in [2.24, 2.45) is 0 Å². The fourth-order valence-corrected chi connectivity index (χ4v) is 4.51. The molecule has 0 atom stereocenters. The third kappa shape index (κ3) is 4.25. The van der Waals surface area contributed by atoms with Crippen molar-refractivity contribution in [2.75, 3.05) is 19.5 Å². The molecule has 0 spiro atoms. The summed E-state index contributed by atoms with van der Waals surface area (Å²) in [4.78, 5) is 26.1. The third-order valence-corrected chi connectivity index (χ3v) is 5.87. The first-order chi connectivity index (χ1) is 14.0. The molecule has 1 aromatic heterocycles. The van der Waals surface area contributed by atoms with Gasteiger partial charge in [-0.2, -0.15) is 5.26 Å². The van der Waals surface area contributed by atoms with Crippen molar-refractivity contribution in [3.8, 4) is 17.6 Å². The highest BCUT2D eigenvalue weighted by Crippen LogP contribution is 2.38. The molecule has 29 heavy (non-hydrogen) atoms. The van der Waals surface area contributed by atoms with E-state index in [9.17, 15) is 20.0 Å². The smallest absolute Gasteiger partial charge is 0.341 e. The van der Waals surface area contributed by atoms with Crippen molar-refractivity contribution in [3.05, 3.63) is 45.3 Å². The molecule has 1 aliphatic carbocycles. The number of rotatable bonds is 5. The number of nitrogens with zero attached hydrogens (tertiary/aromatic N) is 1. The SMILES string of the molecule is COC(=O)c1c(NC(=O)C(C#N)=Cc2ccc(O)c(OC)c2)sc2c1CCCC2. The first kappa shape index (κ1) is 20.4. The summed E-state index contributed by atoms with van der Waals surface area (Å²) in [5.74, 6) is -0.927. The Morgan fingerprint density at radius 2 is 2.03 bits per heavy atom. The number of amides is 1. The number of hydrogen-bond acceptors (Lipinski definition) is 7. The van der Waals surface area contributed by atoms with Gasteiger partial charge in [0.15, 0.2) is 11.5 Å². The number of fused-ring (bicyclic) bond motifs is 1. The highest BCUT2D eigenvalue weighted by molar-refractivity contribution is 7.17. The topological polar surface area (TPSA) is 109 Å². The van der Waals surface area contributed by atoms with Crippen LogP contribution in [0, 0.1) is 11.3 Å². The van der Waals surface area contributed by atoms with Gasteiger partial charge in [0.25, 0.3) is 5.91 Å². The number of aromatic hydroxyl groups is 1. The maximum atomic E-state index is 12.7. The number of carbonyl (C=O) groups is 2. The maximum absolute atomic E-state index is 12.7. The molecule has 150 valence electrons. The van der Waals surface area contributed by atoms with Crippen molar-refractivity contribution >= 4 is 34.3 Å².